The molecule has 0 aliphatic heterocycles. The van der Waals surface area contributed by atoms with Crippen LogP contribution in [-0.2, 0) is 0 Å². The number of nitrogens with zero attached hydrogens (tertiary/aromatic N) is 2. The number of anilines is 1. The van der Waals surface area contributed by atoms with Gasteiger partial charge < -0.3 is 5.32 Å². The summed E-state index contributed by atoms with van der Waals surface area (Å²) in [6.07, 6.45) is 1.40. The topological polar surface area (TPSA) is 59.6 Å². The summed E-state index contributed by atoms with van der Waals surface area (Å²) in [5, 5.41) is 20.1. The Balaban J connectivity index is 2.98. The first kappa shape index (κ1) is 12.3. The summed E-state index contributed by atoms with van der Waals surface area (Å²) in [5.74, 6) is 0. The number of nitrogens with one attached hydrogen (secondary N) is 1. The second-order valence-electron chi connectivity index (χ2n) is 3.35. The monoisotopic (exact) mass is 275 g/mol. The lowest BCUT2D eigenvalue weighted by molar-refractivity contribution is 1.33. The van der Waals surface area contributed by atoms with E-state index in [1.807, 2.05) is 26.0 Å². The van der Waals surface area contributed by atoms with Crippen molar-refractivity contribution >= 4 is 21.6 Å². The molecule has 1 aromatic carbocycles. The summed E-state index contributed by atoms with van der Waals surface area (Å²) in [6.45, 7) is 3.98. The molecule has 0 fully saturated rings. The van der Waals surface area contributed by atoms with E-state index in [2.05, 4.69) is 21.2 Å². The molecule has 0 aromatic heterocycles. The third-order valence-electron chi connectivity index (χ3n) is 2.06. The molecule has 80 valence electrons. The average molecular weight is 276 g/mol. The van der Waals surface area contributed by atoms with Crippen molar-refractivity contribution in [1.29, 1.82) is 10.5 Å². The van der Waals surface area contributed by atoms with E-state index in [-0.39, 0.29) is 5.57 Å². The molecule has 0 amide bonds. The van der Waals surface area contributed by atoms with E-state index in [1.54, 1.807) is 12.1 Å². The number of allylic oxidation sites excluding steroid dienone is 1. The fourth-order valence-corrected chi connectivity index (χ4v) is 1.50. The van der Waals surface area contributed by atoms with Crippen LogP contribution in [0.25, 0.3) is 0 Å². The van der Waals surface area contributed by atoms with Crippen molar-refractivity contribution in [3.63, 3.8) is 0 Å². The van der Waals surface area contributed by atoms with E-state index >= 15 is 0 Å². The zero-order valence-electron chi connectivity index (χ0n) is 9.00. The van der Waals surface area contributed by atoms with E-state index in [0.717, 1.165) is 21.3 Å². The first-order valence-electron chi connectivity index (χ1n) is 4.62. The standard InChI is InChI=1S/C12H10BrN3/c1-8-3-11(4-9(2)12(8)13)16-7-10(5-14)6-15/h3-4,7,16H,1-2H3. The highest BCUT2D eigenvalue weighted by atomic mass is 79.9. The van der Waals surface area contributed by atoms with Gasteiger partial charge in [-0.25, -0.2) is 0 Å². The molecule has 3 nitrogen and oxygen atoms in total. The van der Waals surface area contributed by atoms with Crippen LogP contribution in [0.15, 0.2) is 28.4 Å². The van der Waals surface area contributed by atoms with Crippen LogP contribution in [-0.4, -0.2) is 0 Å². The van der Waals surface area contributed by atoms with Gasteiger partial charge in [0.2, 0.25) is 0 Å². The number of hydrogen-bond donors (Lipinski definition) is 1. The minimum Gasteiger partial charge on any atom is -0.360 e. The lowest BCUT2D eigenvalue weighted by atomic mass is 10.1. The molecule has 0 saturated carbocycles. The van der Waals surface area contributed by atoms with Crippen LogP contribution in [0.1, 0.15) is 11.1 Å². The van der Waals surface area contributed by atoms with E-state index in [1.165, 1.54) is 6.20 Å². The van der Waals surface area contributed by atoms with Crippen molar-refractivity contribution in [3.05, 3.63) is 39.5 Å². The number of rotatable bonds is 2. The van der Waals surface area contributed by atoms with Crippen LogP contribution in [0, 0.1) is 36.5 Å². The Kier molecular flexibility index (Phi) is 4.10. The summed E-state index contributed by atoms with van der Waals surface area (Å²) in [6, 6.07) is 7.47. The van der Waals surface area contributed by atoms with Crippen LogP contribution in [0.4, 0.5) is 5.69 Å². The smallest absolute Gasteiger partial charge is 0.145 e. The first-order chi connectivity index (χ1) is 7.58. The molecular formula is C12H10BrN3. The molecule has 0 saturated heterocycles. The zero-order valence-corrected chi connectivity index (χ0v) is 10.6. The van der Waals surface area contributed by atoms with Gasteiger partial charge in [0.1, 0.15) is 17.7 Å². The van der Waals surface area contributed by atoms with E-state index in [4.69, 9.17) is 10.5 Å². The van der Waals surface area contributed by atoms with Gasteiger partial charge in [-0.15, -0.1) is 0 Å². The van der Waals surface area contributed by atoms with Gasteiger partial charge in [0.05, 0.1) is 0 Å². The van der Waals surface area contributed by atoms with Gasteiger partial charge in [-0.05, 0) is 37.1 Å². The van der Waals surface area contributed by atoms with Crippen LogP contribution < -0.4 is 5.32 Å². The Morgan fingerprint density at radius 1 is 1.25 bits per heavy atom. The molecule has 0 unspecified atom stereocenters. The number of halogens is 1. The summed E-state index contributed by atoms with van der Waals surface area (Å²) >= 11 is 3.47. The van der Waals surface area contributed by atoms with Crippen molar-refractivity contribution in [2.75, 3.05) is 5.32 Å². The van der Waals surface area contributed by atoms with E-state index in [0.29, 0.717) is 0 Å². The Labute approximate surface area is 103 Å². The van der Waals surface area contributed by atoms with Crippen LogP contribution in [0.3, 0.4) is 0 Å². The second-order valence-corrected chi connectivity index (χ2v) is 4.14. The number of hydrogen-bond acceptors (Lipinski definition) is 3. The Morgan fingerprint density at radius 3 is 2.19 bits per heavy atom. The minimum absolute atomic E-state index is 0.0539. The highest BCUT2D eigenvalue weighted by molar-refractivity contribution is 9.10. The maximum atomic E-state index is 8.57. The SMILES string of the molecule is Cc1cc(NC=C(C#N)C#N)cc(C)c1Br. The predicted molar refractivity (Wildman–Crippen MR) is 66.5 cm³/mol. The van der Waals surface area contributed by atoms with E-state index in [9.17, 15) is 0 Å². The first-order valence-corrected chi connectivity index (χ1v) is 5.41. The molecule has 1 rings (SSSR count). The average Bonchev–Trinajstić information content (AvgIpc) is 2.27. The zero-order chi connectivity index (χ0) is 12.1. The number of nitriles is 2. The summed E-state index contributed by atoms with van der Waals surface area (Å²) in [4.78, 5) is 0. The molecule has 0 aliphatic rings. The number of aryl methyl sites for hydroxylation is 2. The van der Waals surface area contributed by atoms with Crippen molar-refractivity contribution in [1.82, 2.24) is 0 Å². The van der Waals surface area contributed by atoms with Crippen LogP contribution in [0.2, 0.25) is 0 Å². The van der Waals surface area contributed by atoms with Crippen molar-refractivity contribution in [3.8, 4) is 12.1 Å². The lowest BCUT2D eigenvalue weighted by Gasteiger charge is -2.07. The van der Waals surface area contributed by atoms with Crippen molar-refractivity contribution in [2.45, 2.75) is 13.8 Å². The van der Waals surface area contributed by atoms with Gasteiger partial charge in [-0.3, -0.25) is 0 Å². The molecule has 0 heterocycles. The Morgan fingerprint density at radius 2 is 1.75 bits per heavy atom. The molecule has 0 aliphatic carbocycles. The molecule has 0 bridgehead atoms. The van der Waals surface area contributed by atoms with Crippen molar-refractivity contribution < 1.29 is 0 Å². The maximum absolute atomic E-state index is 8.57. The van der Waals surface area contributed by atoms with Gasteiger partial charge in [0, 0.05) is 16.4 Å². The fraction of sp³-hybridized carbons (Fsp3) is 0.167. The lowest BCUT2D eigenvalue weighted by Crippen LogP contribution is -1.92. The van der Waals surface area contributed by atoms with Crippen LogP contribution >= 0.6 is 15.9 Å². The second kappa shape index (κ2) is 5.34. The summed E-state index contributed by atoms with van der Waals surface area (Å²) < 4.78 is 1.07. The van der Waals surface area contributed by atoms with Gasteiger partial charge >= 0.3 is 0 Å². The normalized spacial score (nSPS) is 8.81. The molecule has 0 radical (unpaired) electrons. The molecule has 1 aromatic rings. The van der Waals surface area contributed by atoms with Crippen LogP contribution in [0.5, 0.6) is 0 Å². The molecular weight excluding hydrogens is 266 g/mol. The largest absolute Gasteiger partial charge is 0.360 e. The molecule has 0 atom stereocenters. The third-order valence-corrected chi connectivity index (χ3v) is 3.31. The fourth-order valence-electron chi connectivity index (χ4n) is 1.27. The molecule has 0 spiro atoms. The van der Waals surface area contributed by atoms with Gasteiger partial charge in [-0.2, -0.15) is 10.5 Å². The predicted octanol–water partition coefficient (Wildman–Crippen LogP) is 3.41. The van der Waals surface area contributed by atoms with Crippen molar-refractivity contribution in [2.24, 2.45) is 0 Å². The maximum Gasteiger partial charge on any atom is 0.145 e. The minimum atomic E-state index is 0.0539. The summed E-state index contributed by atoms with van der Waals surface area (Å²) in [7, 11) is 0. The number of benzene rings is 1. The van der Waals surface area contributed by atoms with Gasteiger partial charge in [-0.1, -0.05) is 15.9 Å². The summed E-state index contributed by atoms with van der Waals surface area (Å²) in [5.41, 5.74) is 3.12. The molecule has 16 heavy (non-hydrogen) atoms. The van der Waals surface area contributed by atoms with Gasteiger partial charge in [0.15, 0.2) is 0 Å². The van der Waals surface area contributed by atoms with E-state index < -0.39 is 0 Å². The Bertz CT molecular complexity index is 479. The highest BCUT2D eigenvalue weighted by Crippen LogP contribution is 2.24. The highest BCUT2D eigenvalue weighted by Gasteiger charge is 2.01. The third kappa shape index (κ3) is 2.85. The quantitative estimate of drug-likeness (QED) is 0.842. The van der Waals surface area contributed by atoms with Gasteiger partial charge in [0.25, 0.3) is 0 Å². The molecule has 1 N–H and O–H groups in total. The Hall–Kier alpha value is -1.78. The molecule has 4 heteroatoms.